The van der Waals surface area contributed by atoms with Gasteiger partial charge in [0.05, 0.1) is 6.61 Å². The van der Waals surface area contributed by atoms with Crippen LogP contribution in [0.5, 0.6) is 5.75 Å². The van der Waals surface area contributed by atoms with Crippen molar-refractivity contribution in [3.05, 3.63) is 72.3 Å². The van der Waals surface area contributed by atoms with E-state index in [0.29, 0.717) is 6.61 Å². The first-order chi connectivity index (χ1) is 16.7. The lowest BCUT2D eigenvalue weighted by Gasteiger charge is -2.41. The predicted molar refractivity (Wildman–Crippen MR) is 128 cm³/mol. The number of hydrogen-bond acceptors (Lipinski definition) is 6. The van der Waals surface area contributed by atoms with Crippen LogP contribution in [0.2, 0.25) is 0 Å². The van der Waals surface area contributed by atoms with Gasteiger partial charge in [0.25, 0.3) is 0 Å². The molecule has 0 aliphatic carbocycles. The van der Waals surface area contributed by atoms with Gasteiger partial charge in [-0.1, -0.05) is 30.3 Å². The maximum atomic E-state index is 12.6. The molecule has 3 heterocycles. The molecule has 0 radical (unpaired) electrons. The van der Waals surface area contributed by atoms with Crippen molar-refractivity contribution in [2.45, 2.75) is 31.8 Å². The number of anilines is 1. The number of piperidine rings is 1. The van der Waals surface area contributed by atoms with E-state index in [1.807, 2.05) is 54.6 Å². The van der Waals surface area contributed by atoms with E-state index in [2.05, 4.69) is 33.0 Å². The molecule has 2 N–H and O–H groups in total. The third kappa shape index (κ3) is 4.13. The SMILES string of the molecule is O=C(Cn1nc2ccccc2n1)Nc1cccc(-c2ccc3c(c2)COC2(CCNCC2)O3)c1. The molecule has 0 saturated carbocycles. The maximum Gasteiger partial charge on any atom is 0.247 e. The summed E-state index contributed by atoms with van der Waals surface area (Å²) in [6.45, 7) is 2.38. The second kappa shape index (κ2) is 8.55. The highest BCUT2D eigenvalue weighted by Crippen LogP contribution is 2.38. The van der Waals surface area contributed by atoms with Crippen LogP contribution in [0, 0.1) is 0 Å². The summed E-state index contributed by atoms with van der Waals surface area (Å²) < 4.78 is 12.4. The highest BCUT2D eigenvalue weighted by Gasteiger charge is 2.38. The molecule has 8 nitrogen and oxygen atoms in total. The number of amides is 1. The quantitative estimate of drug-likeness (QED) is 0.487. The average molecular weight is 456 g/mol. The summed E-state index contributed by atoms with van der Waals surface area (Å²) in [6.07, 6.45) is 1.69. The van der Waals surface area contributed by atoms with Crippen molar-refractivity contribution in [1.82, 2.24) is 20.3 Å². The van der Waals surface area contributed by atoms with Crippen LogP contribution in [0.1, 0.15) is 18.4 Å². The smallest absolute Gasteiger partial charge is 0.247 e. The Balaban J connectivity index is 1.16. The van der Waals surface area contributed by atoms with Crippen LogP contribution in [0.4, 0.5) is 5.69 Å². The minimum absolute atomic E-state index is 0.0453. The summed E-state index contributed by atoms with van der Waals surface area (Å²) in [5, 5.41) is 15.0. The normalized spacial score (nSPS) is 16.7. The lowest BCUT2D eigenvalue weighted by Crippen LogP contribution is -2.49. The molecule has 1 amide bonds. The standard InChI is InChI=1S/C26H25N5O3/c32-25(16-31-29-22-6-1-2-7-23(22)30-31)28-21-5-3-4-18(15-21)19-8-9-24-20(14-19)17-33-26(34-24)10-12-27-13-11-26/h1-9,14-15,27H,10-13,16-17H2,(H,28,32). The Morgan fingerprint density at radius 2 is 1.74 bits per heavy atom. The summed E-state index contributed by atoms with van der Waals surface area (Å²) in [7, 11) is 0. The summed E-state index contributed by atoms with van der Waals surface area (Å²) in [5.41, 5.74) is 5.34. The zero-order chi connectivity index (χ0) is 23.0. The molecule has 1 spiro atoms. The van der Waals surface area contributed by atoms with E-state index in [1.165, 1.54) is 4.80 Å². The molecule has 172 valence electrons. The monoisotopic (exact) mass is 455 g/mol. The molecule has 1 aromatic heterocycles. The van der Waals surface area contributed by atoms with Gasteiger partial charge in [-0.05, 0) is 47.5 Å². The largest absolute Gasteiger partial charge is 0.462 e. The summed E-state index contributed by atoms with van der Waals surface area (Å²) in [4.78, 5) is 14.0. The molecule has 1 saturated heterocycles. The number of hydrogen-bond donors (Lipinski definition) is 2. The number of benzene rings is 3. The van der Waals surface area contributed by atoms with Gasteiger partial charge in [0.1, 0.15) is 23.3 Å². The Kier molecular flexibility index (Phi) is 5.24. The van der Waals surface area contributed by atoms with Gasteiger partial charge in [0, 0.05) is 37.2 Å². The van der Waals surface area contributed by atoms with Gasteiger partial charge < -0.3 is 20.1 Å². The van der Waals surface area contributed by atoms with Crippen molar-refractivity contribution in [3.63, 3.8) is 0 Å². The van der Waals surface area contributed by atoms with E-state index in [9.17, 15) is 4.79 Å². The lowest BCUT2D eigenvalue weighted by atomic mass is 9.99. The van der Waals surface area contributed by atoms with Crippen LogP contribution in [-0.2, 0) is 22.7 Å². The highest BCUT2D eigenvalue weighted by molar-refractivity contribution is 5.91. The summed E-state index contributed by atoms with van der Waals surface area (Å²) in [5.74, 6) is 0.205. The molecule has 6 rings (SSSR count). The van der Waals surface area contributed by atoms with Crippen molar-refractivity contribution in [2.24, 2.45) is 0 Å². The Bertz CT molecular complexity index is 1330. The van der Waals surface area contributed by atoms with Crippen LogP contribution in [0.25, 0.3) is 22.2 Å². The highest BCUT2D eigenvalue weighted by atomic mass is 16.7. The minimum Gasteiger partial charge on any atom is -0.462 e. The van der Waals surface area contributed by atoms with Gasteiger partial charge in [-0.3, -0.25) is 4.79 Å². The first kappa shape index (κ1) is 20.8. The minimum atomic E-state index is -0.501. The van der Waals surface area contributed by atoms with Crippen molar-refractivity contribution in [3.8, 4) is 16.9 Å². The van der Waals surface area contributed by atoms with Crippen LogP contribution < -0.4 is 15.4 Å². The van der Waals surface area contributed by atoms with Crippen molar-refractivity contribution in [1.29, 1.82) is 0 Å². The Morgan fingerprint density at radius 1 is 0.971 bits per heavy atom. The van der Waals surface area contributed by atoms with Crippen LogP contribution in [-0.4, -0.2) is 39.8 Å². The molecule has 0 unspecified atom stereocenters. The van der Waals surface area contributed by atoms with E-state index < -0.39 is 5.79 Å². The Labute approximate surface area is 196 Å². The molecule has 2 aliphatic heterocycles. The fraction of sp³-hybridized carbons (Fsp3) is 0.269. The summed E-state index contributed by atoms with van der Waals surface area (Å²) in [6, 6.07) is 21.5. The number of carbonyl (C=O) groups is 1. The lowest BCUT2D eigenvalue weighted by molar-refractivity contribution is -0.218. The van der Waals surface area contributed by atoms with Gasteiger partial charge in [-0.2, -0.15) is 15.0 Å². The molecule has 3 aromatic carbocycles. The number of nitrogens with one attached hydrogen (secondary N) is 2. The molecular formula is C26H25N5O3. The van der Waals surface area contributed by atoms with E-state index >= 15 is 0 Å². The molecule has 0 bridgehead atoms. The van der Waals surface area contributed by atoms with Crippen molar-refractivity contribution < 1.29 is 14.3 Å². The van der Waals surface area contributed by atoms with Crippen LogP contribution in [0.3, 0.4) is 0 Å². The van der Waals surface area contributed by atoms with Gasteiger partial charge in [0.15, 0.2) is 0 Å². The van der Waals surface area contributed by atoms with E-state index in [-0.39, 0.29) is 12.5 Å². The fourth-order valence-corrected chi connectivity index (χ4v) is 4.55. The predicted octanol–water partition coefficient (Wildman–Crippen LogP) is 3.73. The van der Waals surface area contributed by atoms with Gasteiger partial charge in [-0.25, -0.2) is 0 Å². The van der Waals surface area contributed by atoms with E-state index in [1.54, 1.807) is 0 Å². The van der Waals surface area contributed by atoms with Crippen molar-refractivity contribution >= 4 is 22.6 Å². The molecule has 34 heavy (non-hydrogen) atoms. The van der Waals surface area contributed by atoms with Crippen molar-refractivity contribution in [2.75, 3.05) is 18.4 Å². The first-order valence-corrected chi connectivity index (χ1v) is 11.5. The molecule has 0 atom stereocenters. The second-order valence-electron chi connectivity index (χ2n) is 8.72. The van der Waals surface area contributed by atoms with Gasteiger partial charge in [-0.15, -0.1) is 0 Å². The third-order valence-corrected chi connectivity index (χ3v) is 6.31. The third-order valence-electron chi connectivity index (χ3n) is 6.31. The number of fused-ring (bicyclic) bond motifs is 2. The Hall–Kier alpha value is -3.75. The summed E-state index contributed by atoms with van der Waals surface area (Å²) >= 11 is 0. The van der Waals surface area contributed by atoms with E-state index in [0.717, 1.165) is 65.1 Å². The van der Waals surface area contributed by atoms with Gasteiger partial charge >= 0.3 is 0 Å². The first-order valence-electron chi connectivity index (χ1n) is 11.5. The zero-order valence-corrected chi connectivity index (χ0v) is 18.7. The topological polar surface area (TPSA) is 90.3 Å². The number of aromatic nitrogens is 3. The maximum absolute atomic E-state index is 12.6. The van der Waals surface area contributed by atoms with E-state index in [4.69, 9.17) is 9.47 Å². The number of carbonyl (C=O) groups excluding carboxylic acids is 1. The zero-order valence-electron chi connectivity index (χ0n) is 18.7. The molecule has 1 fully saturated rings. The van der Waals surface area contributed by atoms with Gasteiger partial charge in [0.2, 0.25) is 11.7 Å². The average Bonchev–Trinajstić information content (AvgIpc) is 3.26. The van der Waals surface area contributed by atoms with Crippen LogP contribution >= 0.6 is 0 Å². The van der Waals surface area contributed by atoms with Crippen LogP contribution in [0.15, 0.2) is 66.7 Å². The number of rotatable bonds is 4. The molecule has 8 heteroatoms. The fourth-order valence-electron chi connectivity index (χ4n) is 4.55. The number of ether oxygens (including phenoxy) is 2. The second-order valence-corrected chi connectivity index (χ2v) is 8.72. The molecule has 2 aliphatic rings. The Morgan fingerprint density at radius 3 is 2.53 bits per heavy atom. The number of nitrogens with zero attached hydrogens (tertiary/aromatic N) is 3. The molecular weight excluding hydrogens is 430 g/mol. The molecule has 4 aromatic rings.